The number of rotatable bonds is 2. The quantitative estimate of drug-likeness (QED) is 0.730. The molecule has 0 bridgehead atoms. The van der Waals surface area contributed by atoms with E-state index in [2.05, 4.69) is 10.3 Å². The standard InChI is InChI=1S/C10H8ClN3O/c1-7-2-3-8(4-10(7)11)14-9(6-15)5-12-13-14/h2-6H,1H3. The van der Waals surface area contributed by atoms with Crippen LogP contribution >= 0.6 is 11.6 Å². The largest absolute Gasteiger partial charge is 0.296 e. The van der Waals surface area contributed by atoms with E-state index in [0.717, 1.165) is 11.3 Å². The normalized spacial score (nSPS) is 10.3. The molecule has 1 aromatic heterocycles. The summed E-state index contributed by atoms with van der Waals surface area (Å²) in [6, 6.07) is 5.45. The second-order valence-electron chi connectivity index (χ2n) is 3.12. The molecule has 1 aromatic carbocycles. The van der Waals surface area contributed by atoms with E-state index in [1.165, 1.54) is 10.9 Å². The van der Waals surface area contributed by atoms with Crippen LogP contribution < -0.4 is 0 Å². The van der Waals surface area contributed by atoms with Gasteiger partial charge in [0.05, 0.1) is 11.9 Å². The van der Waals surface area contributed by atoms with E-state index in [9.17, 15) is 4.79 Å². The Labute approximate surface area is 91.5 Å². The van der Waals surface area contributed by atoms with Crippen LogP contribution in [0, 0.1) is 6.92 Å². The van der Waals surface area contributed by atoms with Gasteiger partial charge in [-0.05, 0) is 24.6 Å². The molecule has 15 heavy (non-hydrogen) atoms. The molecule has 0 aliphatic heterocycles. The molecule has 0 spiro atoms. The first-order valence-corrected chi connectivity index (χ1v) is 4.72. The summed E-state index contributed by atoms with van der Waals surface area (Å²) < 4.78 is 1.44. The van der Waals surface area contributed by atoms with Crippen LogP contribution in [0.4, 0.5) is 0 Å². The van der Waals surface area contributed by atoms with Gasteiger partial charge in [0.1, 0.15) is 5.69 Å². The van der Waals surface area contributed by atoms with Crippen molar-refractivity contribution in [1.29, 1.82) is 0 Å². The Morgan fingerprint density at radius 3 is 2.93 bits per heavy atom. The second kappa shape index (κ2) is 3.82. The van der Waals surface area contributed by atoms with Gasteiger partial charge in [-0.2, -0.15) is 0 Å². The zero-order valence-electron chi connectivity index (χ0n) is 8.01. The maximum atomic E-state index is 10.7. The molecular formula is C10H8ClN3O. The lowest BCUT2D eigenvalue weighted by Crippen LogP contribution is -2.01. The molecule has 0 atom stereocenters. The summed E-state index contributed by atoms with van der Waals surface area (Å²) in [4.78, 5) is 10.7. The van der Waals surface area contributed by atoms with Gasteiger partial charge >= 0.3 is 0 Å². The highest BCUT2D eigenvalue weighted by atomic mass is 35.5. The van der Waals surface area contributed by atoms with Crippen LogP contribution in [0.15, 0.2) is 24.4 Å². The Kier molecular flexibility index (Phi) is 2.51. The molecular weight excluding hydrogens is 214 g/mol. The van der Waals surface area contributed by atoms with Crippen LogP contribution in [-0.2, 0) is 0 Å². The Hall–Kier alpha value is -1.68. The van der Waals surface area contributed by atoms with Crippen molar-refractivity contribution < 1.29 is 4.79 Å². The summed E-state index contributed by atoms with van der Waals surface area (Å²) in [5, 5.41) is 8.10. The zero-order chi connectivity index (χ0) is 10.8. The van der Waals surface area contributed by atoms with Gasteiger partial charge in [0.25, 0.3) is 0 Å². The smallest absolute Gasteiger partial charge is 0.170 e. The van der Waals surface area contributed by atoms with Gasteiger partial charge in [-0.1, -0.05) is 22.9 Å². The molecule has 0 N–H and O–H groups in total. The number of aromatic nitrogens is 3. The van der Waals surface area contributed by atoms with Crippen molar-refractivity contribution in [1.82, 2.24) is 15.0 Å². The summed E-state index contributed by atoms with van der Waals surface area (Å²) in [5.41, 5.74) is 2.10. The van der Waals surface area contributed by atoms with Gasteiger partial charge in [-0.15, -0.1) is 5.10 Å². The minimum absolute atomic E-state index is 0.398. The Balaban J connectivity index is 2.54. The molecule has 0 aliphatic carbocycles. The number of aryl methyl sites for hydroxylation is 1. The molecule has 0 amide bonds. The average molecular weight is 222 g/mol. The van der Waals surface area contributed by atoms with Crippen molar-refractivity contribution in [3.63, 3.8) is 0 Å². The highest BCUT2D eigenvalue weighted by Crippen LogP contribution is 2.19. The molecule has 0 saturated carbocycles. The van der Waals surface area contributed by atoms with Crippen molar-refractivity contribution >= 4 is 17.9 Å². The Morgan fingerprint density at radius 1 is 1.47 bits per heavy atom. The predicted octanol–water partition coefficient (Wildman–Crippen LogP) is 2.04. The first kappa shape index (κ1) is 9.86. The van der Waals surface area contributed by atoms with Gasteiger partial charge in [0, 0.05) is 5.02 Å². The summed E-state index contributed by atoms with van der Waals surface area (Å²) in [6.45, 7) is 1.91. The number of benzene rings is 1. The van der Waals surface area contributed by atoms with E-state index in [0.29, 0.717) is 17.0 Å². The van der Waals surface area contributed by atoms with Crippen molar-refractivity contribution in [2.75, 3.05) is 0 Å². The minimum Gasteiger partial charge on any atom is -0.296 e. The predicted molar refractivity (Wildman–Crippen MR) is 56.5 cm³/mol. The highest BCUT2D eigenvalue weighted by Gasteiger charge is 2.06. The van der Waals surface area contributed by atoms with Crippen molar-refractivity contribution in [3.8, 4) is 5.69 Å². The molecule has 0 aliphatic rings. The summed E-state index contributed by atoms with van der Waals surface area (Å²) in [7, 11) is 0. The summed E-state index contributed by atoms with van der Waals surface area (Å²) in [5.74, 6) is 0. The van der Waals surface area contributed by atoms with Crippen LogP contribution in [0.3, 0.4) is 0 Å². The van der Waals surface area contributed by atoms with Gasteiger partial charge in [0.2, 0.25) is 0 Å². The van der Waals surface area contributed by atoms with E-state index in [1.807, 2.05) is 19.1 Å². The molecule has 1 heterocycles. The molecule has 0 unspecified atom stereocenters. The van der Waals surface area contributed by atoms with Crippen molar-refractivity contribution in [2.24, 2.45) is 0 Å². The molecule has 4 nitrogen and oxygen atoms in total. The van der Waals surface area contributed by atoms with Crippen LogP contribution in [0.1, 0.15) is 16.1 Å². The summed E-state index contributed by atoms with van der Waals surface area (Å²) >= 11 is 5.98. The number of halogens is 1. The van der Waals surface area contributed by atoms with Gasteiger partial charge in [0.15, 0.2) is 6.29 Å². The third-order valence-corrected chi connectivity index (χ3v) is 2.50. The lowest BCUT2D eigenvalue weighted by molar-refractivity contribution is 0.111. The van der Waals surface area contributed by atoms with Crippen LogP contribution in [-0.4, -0.2) is 21.3 Å². The third kappa shape index (κ3) is 1.76. The molecule has 2 aromatic rings. The Morgan fingerprint density at radius 2 is 2.27 bits per heavy atom. The third-order valence-electron chi connectivity index (χ3n) is 2.10. The fraction of sp³-hybridized carbons (Fsp3) is 0.100. The molecule has 0 saturated heterocycles. The van der Waals surface area contributed by atoms with E-state index < -0.39 is 0 Å². The molecule has 0 radical (unpaired) electrons. The molecule has 76 valence electrons. The van der Waals surface area contributed by atoms with E-state index in [4.69, 9.17) is 11.6 Å². The number of carbonyl (C=O) groups excluding carboxylic acids is 1. The van der Waals surface area contributed by atoms with Crippen LogP contribution in [0.2, 0.25) is 5.02 Å². The fourth-order valence-electron chi connectivity index (χ4n) is 1.24. The van der Waals surface area contributed by atoms with E-state index >= 15 is 0 Å². The SMILES string of the molecule is Cc1ccc(-n2nncc2C=O)cc1Cl. The number of carbonyl (C=O) groups is 1. The first-order chi connectivity index (χ1) is 7.22. The van der Waals surface area contributed by atoms with Crippen LogP contribution in [0.5, 0.6) is 0 Å². The molecule has 0 fully saturated rings. The minimum atomic E-state index is 0.398. The summed E-state index contributed by atoms with van der Waals surface area (Å²) in [6.07, 6.45) is 2.11. The highest BCUT2D eigenvalue weighted by molar-refractivity contribution is 6.31. The van der Waals surface area contributed by atoms with Gasteiger partial charge in [-0.25, -0.2) is 4.68 Å². The monoisotopic (exact) mass is 221 g/mol. The maximum Gasteiger partial charge on any atom is 0.170 e. The molecule has 5 heteroatoms. The lowest BCUT2D eigenvalue weighted by Gasteiger charge is -2.04. The number of hydrogen-bond acceptors (Lipinski definition) is 3. The van der Waals surface area contributed by atoms with Crippen LogP contribution in [0.25, 0.3) is 5.69 Å². The Bertz CT molecular complexity index is 507. The second-order valence-corrected chi connectivity index (χ2v) is 3.53. The number of aldehydes is 1. The first-order valence-electron chi connectivity index (χ1n) is 4.35. The van der Waals surface area contributed by atoms with Crippen molar-refractivity contribution in [3.05, 3.63) is 40.7 Å². The zero-order valence-corrected chi connectivity index (χ0v) is 8.77. The topological polar surface area (TPSA) is 47.8 Å². The van der Waals surface area contributed by atoms with E-state index in [1.54, 1.807) is 6.07 Å². The number of nitrogens with zero attached hydrogens (tertiary/aromatic N) is 3. The van der Waals surface area contributed by atoms with Crippen molar-refractivity contribution in [2.45, 2.75) is 6.92 Å². The molecule has 2 rings (SSSR count). The fourth-order valence-corrected chi connectivity index (χ4v) is 1.41. The van der Waals surface area contributed by atoms with E-state index in [-0.39, 0.29) is 0 Å². The number of hydrogen-bond donors (Lipinski definition) is 0. The van der Waals surface area contributed by atoms with Gasteiger partial charge < -0.3 is 0 Å². The lowest BCUT2D eigenvalue weighted by atomic mass is 10.2. The van der Waals surface area contributed by atoms with Gasteiger partial charge in [-0.3, -0.25) is 4.79 Å². The average Bonchev–Trinajstić information content (AvgIpc) is 2.70. The maximum absolute atomic E-state index is 10.7.